The van der Waals surface area contributed by atoms with Gasteiger partial charge in [-0.25, -0.2) is 22.0 Å². The monoisotopic (exact) mass is 292 g/mol. The predicted octanol–water partition coefficient (Wildman–Crippen LogP) is 3.79. The van der Waals surface area contributed by atoms with Crippen LogP contribution in [-0.2, 0) is 0 Å². The van der Waals surface area contributed by atoms with E-state index in [0.29, 0.717) is 5.56 Å². The van der Waals surface area contributed by atoms with Gasteiger partial charge in [-0.1, -0.05) is 24.1 Å². The van der Waals surface area contributed by atoms with Crippen molar-refractivity contribution < 1.29 is 22.0 Å². The van der Waals surface area contributed by atoms with Crippen molar-refractivity contribution in [3.8, 4) is 23.7 Å². The van der Waals surface area contributed by atoms with E-state index in [1.807, 2.05) is 5.92 Å². The Morgan fingerprint density at radius 1 is 0.571 bits per heavy atom. The first-order chi connectivity index (χ1) is 10.0. The SMILES string of the molecule is Fc1c(F)c(F)c(C#CC#Cc2ccccc2)c(F)c1F. The Morgan fingerprint density at radius 2 is 1.05 bits per heavy atom. The Bertz CT molecular complexity index is 773. The van der Waals surface area contributed by atoms with Crippen LogP contribution in [0.15, 0.2) is 30.3 Å². The second kappa shape index (κ2) is 6.11. The molecule has 2 aromatic carbocycles. The molecule has 21 heavy (non-hydrogen) atoms. The lowest BCUT2D eigenvalue weighted by atomic mass is 10.1. The first-order valence-electron chi connectivity index (χ1n) is 5.61. The summed E-state index contributed by atoms with van der Waals surface area (Å²) in [7, 11) is 0. The molecular weight excluding hydrogens is 287 g/mol. The summed E-state index contributed by atoms with van der Waals surface area (Å²) in [5.41, 5.74) is -0.599. The molecule has 0 N–H and O–H groups in total. The summed E-state index contributed by atoms with van der Waals surface area (Å²) < 4.78 is 65.2. The van der Waals surface area contributed by atoms with Crippen LogP contribution in [0.1, 0.15) is 11.1 Å². The van der Waals surface area contributed by atoms with E-state index in [0.717, 1.165) is 0 Å². The molecule has 5 heteroatoms. The van der Waals surface area contributed by atoms with Crippen LogP contribution >= 0.6 is 0 Å². The third-order valence-electron chi connectivity index (χ3n) is 2.44. The van der Waals surface area contributed by atoms with E-state index in [1.165, 1.54) is 0 Å². The van der Waals surface area contributed by atoms with Gasteiger partial charge in [0.1, 0.15) is 5.56 Å². The van der Waals surface area contributed by atoms with Crippen molar-refractivity contribution in [1.82, 2.24) is 0 Å². The van der Waals surface area contributed by atoms with E-state index in [1.54, 1.807) is 30.3 Å². The van der Waals surface area contributed by atoms with Gasteiger partial charge in [-0.3, -0.25) is 0 Å². The lowest BCUT2D eigenvalue weighted by molar-refractivity contribution is 0.376. The van der Waals surface area contributed by atoms with Gasteiger partial charge in [0.2, 0.25) is 5.82 Å². The molecule has 104 valence electrons. The summed E-state index contributed by atoms with van der Waals surface area (Å²) in [6.45, 7) is 0. The number of halogens is 5. The highest BCUT2D eigenvalue weighted by molar-refractivity contribution is 5.45. The van der Waals surface area contributed by atoms with Crippen molar-refractivity contribution in [2.75, 3.05) is 0 Å². The first-order valence-corrected chi connectivity index (χ1v) is 5.61. The molecule has 0 aromatic heterocycles. The van der Waals surface area contributed by atoms with Crippen LogP contribution in [0.2, 0.25) is 0 Å². The highest BCUT2D eigenvalue weighted by atomic mass is 19.2. The fraction of sp³-hybridized carbons (Fsp3) is 0. The average molecular weight is 292 g/mol. The van der Waals surface area contributed by atoms with E-state index >= 15 is 0 Å². The second-order valence-electron chi connectivity index (χ2n) is 3.81. The summed E-state index contributed by atoms with van der Waals surface area (Å²) in [6.07, 6.45) is 0. The van der Waals surface area contributed by atoms with E-state index in [2.05, 4.69) is 17.8 Å². The van der Waals surface area contributed by atoms with Gasteiger partial charge in [0, 0.05) is 5.56 Å². The Morgan fingerprint density at radius 3 is 1.62 bits per heavy atom. The first kappa shape index (κ1) is 14.6. The molecule has 0 aliphatic carbocycles. The summed E-state index contributed by atoms with van der Waals surface area (Å²) in [4.78, 5) is 0. The molecule has 0 atom stereocenters. The van der Waals surface area contributed by atoms with Crippen molar-refractivity contribution >= 4 is 0 Å². The Balaban J connectivity index is 2.39. The molecule has 0 spiro atoms. The van der Waals surface area contributed by atoms with Gasteiger partial charge in [0.15, 0.2) is 23.3 Å². The minimum absolute atomic E-state index is 0.601. The molecule has 2 rings (SSSR count). The smallest absolute Gasteiger partial charge is 0.200 e. The summed E-state index contributed by atoms with van der Waals surface area (Å²) >= 11 is 0. The van der Waals surface area contributed by atoms with Crippen LogP contribution in [-0.4, -0.2) is 0 Å². The molecule has 0 unspecified atom stereocenters. The highest BCUT2D eigenvalue weighted by Gasteiger charge is 2.24. The van der Waals surface area contributed by atoms with Crippen LogP contribution in [0, 0.1) is 52.8 Å². The molecular formula is C16H5F5. The van der Waals surface area contributed by atoms with Crippen molar-refractivity contribution in [2.24, 2.45) is 0 Å². The van der Waals surface area contributed by atoms with E-state index in [4.69, 9.17) is 0 Å². The van der Waals surface area contributed by atoms with Gasteiger partial charge in [-0.2, -0.15) is 0 Å². The largest absolute Gasteiger partial charge is 0.202 e. The maximum absolute atomic E-state index is 13.3. The second-order valence-corrected chi connectivity index (χ2v) is 3.81. The maximum Gasteiger partial charge on any atom is 0.200 e. The van der Waals surface area contributed by atoms with Crippen LogP contribution in [0.5, 0.6) is 0 Å². The van der Waals surface area contributed by atoms with E-state index in [9.17, 15) is 22.0 Å². The molecule has 0 saturated heterocycles. The minimum Gasteiger partial charge on any atom is -0.202 e. The summed E-state index contributed by atoms with van der Waals surface area (Å²) in [5.74, 6) is -1.49. The molecule has 0 aliphatic heterocycles. The number of hydrogen-bond donors (Lipinski definition) is 0. The van der Waals surface area contributed by atoms with Crippen LogP contribution in [0.3, 0.4) is 0 Å². The van der Waals surface area contributed by atoms with Crippen molar-refractivity contribution in [2.45, 2.75) is 0 Å². The average Bonchev–Trinajstić information content (AvgIpc) is 2.51. The molecule has 0 saturated carbocycles. The zero-order chi connectivity index (χ0) is 15.4. The van der Waals surface area contributed by atoms with Gasteiger partial charge in [-0.05, 0) is 29.9 Å². The van der Waals surface area contributed by atoms with Gasteiger partial charge in [0.25, 0.3) is 0 Å². The number of hydrogen-bond acceptors (Lipinski definition) is 0. The highest BCUT2D eigenvalue weighted by Crippen LogP contribution is 2.21. The van der Waals surface area contributed by atoms with Crippen molar-refractivity contribution in [1.29, 1.82) is 0 Å². The lowest BCUT2D eigenvalue weighted by Crippen LogP contribution is -2.04. The molecule has 0 amide bonds. The molecule has 0 bridgehead atoms. The molecule has 0 aliphatic rings. The van der Waals surface area contributed by atoms with Crippen LogP contribution in [0.25, 0.3) is 0 Å². The van der Waals surface area contributed by atoms with Gasteiger partial charge < -0.3 is 0 Å². The Labute approximate surface area is 117 Å². The van der Waals surface area contributed by atoms with Gasteiger partial charge in [0.05, 0.1) is 0 Å². The standard InChI is InChI=1S/C16H5F5/c17-12-11(13(18)15(20)16(21)14(12)19)9-5-4-8-10-6-2-1-3-7-10/h1-3,6-7H. The zero-order valence-corrected chi connectivity index (χ0v) is 10.3. The predicted molar refractivity (Wildman–Crippen MR) is 66.4 cm³/mol. The fourth-order valence-electron chi connectivity index (χ4n) is 1.43. The maximum atomic E-state index is 13.3. The molecule has 0 fully saturated rings. The number of benzene rings is 2. The van der Waals surface area contributed by atoms with Crippen LogP contribution in [0.4, 0.5) is 22.0 Å². The lowest BCUT2D eigenvalue weighted by Gasteiger charge is -2.01. The number of rotatable bonds is 0. The van der Waals surface area contributed by atoms with Gasteiger partial charge >= 0.3 is 0 Å². The van der Waals surface area contributed by atoms with Crippen molar-refractivity contribution in [3.05, 3.63) is 70.5 Å². The molecule has 2 aromatic rings. The van der Waals surface area contributed by atoms with Crippen LogP contribution < -0.4 is 0 Å². The normalized spacial score (nSPS) is 9.38. The summed E-state index contributed by atoms with van der Waals surface area (Å²) in [6, 6.07) is 8.56. The quantitative estimate of drug-likeness (QED) is 0.300. The summed E-state index contributed by atoms with van der Waals surface area (Å²) in [5, 5.41) is 0. The minimum atomic E-state index is -2.22. The third kappa shape index (κ3) is 3.04. The van der Waals surface area contributed by atoms with E-state index in [-0.39, 0.29) is 0 Å². The fourth-order valence-corrected chi connectivity index (χ4v) is 1.43. The Hall–Kier alpha value is -2.79. The van der Waals surface area contributed by atoms with E-state index < -0.39 is 34.6 Å². The third-order valence-corrected chi connectivity index (χ3v) is 2.44. The molecule has 0 heterocycles. The van der Waals surface area contributed by atoms with Gasteiger partial charge in [-0.15, -0.1) is 0 Å². The Kier molecular flexibility index (Phi) is 4.25. The van der Waals surface area contributed by atoms with Crippen molar-refractivity contribution in [3.63, 3.8) is 0 Å². The molecule has 0 nitrogen and oxygen atoms in total. The molecule has 0 radical (unpaired) electrons. The topological polar surface area (TPSA) is 0 Å². The zero-order valence-electron chi connectivity index (χ0n) is 10.3.